The van der Waals surface area contributed by atoms with Crippen molar-refractivity contribution in [1.29, 1.82) is 0 Å². The van der Waals surface area contributed by atoms with Crippen molar-refractivity contribution in [3.8, 4) is 0 Å². The highest BCUT2D eigenvalue weighted by atomic mass is 16.2. The Bertz CT molecular complexity index is 918. The van der Waals surface area contributed by atoms with Gasteiger partial charge in [0.05, 0.1) is 23.4 Å². The molecule has 1 saturated carbocycles. The number of aryl methyl sites for hydroxylation is 1. The van der Waals surface area contributed by atoms with E-state index in [0.29, 0.717) is 0 Å². The normalized spacial score (nSPS) is 21.9. The first-order chi connectivity index (χ1) is 11.2. The highest BCUT2D eigenvalue weighted by Gasteiger charge is 2.30. The molecule has 1 aromatic carbocycles. The summed E-state index contributed by atoms with van der Waals surface area (Å²) in [7, 11) is 0. The molecule has 0 bridgehead atoms. The Labute approximate surface area is 124 Å². The van der Waals surface area contributed by atoms with E-state index in [1.165, 1.54) is 12.1 Å². The van der Waals surface area contributed by atoms with Crippen molar-refractivity contribution in [3.63, 3.8) is 0 Å². The first-order valence-corrected chi connectivity index (χ1v) is 6.56. The largest absolute Gasteiger partial charge is 0.398 e. The number of hydrogen-bond donors (Lipinski definition) is 1. The summed E-state index contributed by atoms with van der Waals surface area (Å²) >= 11 is 0. The van der Waals surface area contributed by atoms with Crippen molar-refractivity contribution >= 4 is 28.2 Å². The number of benzene rings is 1. The van der Waals surface area contributed by atoms with Crippen LogP contribution >= 0.6 is 0 Å². The molecule has 0 unspecified atom stereocenters. The Morgan fingerprint density at radius 2 is 2.19 bits per heavy atom. The van der Waals surface area contributed by atoms with Crippen LogP contribution in [0.25, 0.3) is 10.9 Å². The number of nitrogens with zero attached hydrogens (tertiary/aromatic N) is 2. The molecule has 21 heavy (non-hydrogen) atoms. The molecule has 2 N–H and O–H groups in total. The maximum absolute atomic E-state index is 12.9. The Balaban J connectivity index is 2.34. The van der Waals surface area contributed by atoms with Gasteiger partial charge >= 0.3 is 0 Å². The topological polar surface area (TPSA) is 95.0 Å². The van der Waals surface area contributed by atoms with Crippen molar-refractivity contribution in [2.75, 3.05) is 5.73 Å². The van der Waals surface area contributed by atoms with Crippen LogP contribution in [0, 0.1) is 6.85 Å². The first-order valence-electron chi connectivity index (χ1n) is 8.06. The van der Waals surface area contributed by atoms with Crippen LogP contribution in [0.4, 0.5) is 5.69 Å². The molecule has 2 aromatic rings. The molecule has 0 spiro atoms. The summed E-state index contributed by atoms with van der Waals surface area (Å²) in [5.74, 6) is -1.15. The summed E-state index contributed by atoms with van der Waals surface area (Å²) in [6, 6.07) is 3.57. The SMILES string of the molecule is [2H]C([2H])([2H])c1nc2cccc(N)c2c(=O)n1[C@@H]1CCC(=O)CC1=O. The number of aromatic nitrogens is 2. The average Bonchev–Trinajstić information content (AvgIpc) is 2.47. The predicted molar refractivity (Wildman–Crippen MR) is 78.1 cm³/mol. The second kappa shape index (κ2) is 4.80. The minimum Gasteiger partial charge on any atom is -0.398 e. The van der Waals surface area contributed by atoms with Gasteiger partial charge in [0.2, 0.25) is 0 Å². The molecule has 108 valence electrons. The quantitative estimate of drug-likeness (QED) is 0.627. The maximum atomic E-state index is 12.9. The highest BCUT2D eigenvalue weighted by molar-refractivity contribution is 6.03. The van der Waals surface area contributed by atoms with Crippen molar-refractivity contribution < 1.29 is 13.7 Å². The number of nitrogen functional groups attached to an aromatic ring is 1. The van der Waals surface area contributed by atoms with E-state index in [1.807, 2.05) is 0 Å². The van der Waals surface area contributed by atoms with Gasteiger partial charge in [0.25, 0.3) is 5.56 Å². The van der Waals surface area contributed by atoms with Gasteiger partial charge in [-0.05, 0) is 25.4 Å². The third kappa shape index (κ3) is 2.12. The fraction of sp³-hybridized carbons (Fsp3) is 0.333. The summed E-state index contributed by atoms with van der Waals surface area (Å²) in [6.07, 6.45) is -0.105. The van der Waals surface area contributed by atoms with E-state index < -0.39 is 30.1 Å². The molecule has 1 aromatic heterocycles. The number of ketones is 2. The highest BCUT2D eigenvalue weighted by Crippen LogP contribution is 2.24. The zero-order chi connectivity index (χ0) is 17.6. The molecule has 1 aliphatic rings. The van der Waals surface area contributed by atoms with Gasteiger partial charge in [-0.2, -0.15) is 0 Å². The maximum Gasteiger partial charge on any atom is 0.264 e. The number of nitrogens with two attached hydrogens (primary N) is 1. The molecular weight excluding hydrogens is 270 g/mol. The van der Waals surface area contributed by atoms with Crippen LogP contribution in [0.3, 0.4) is 0 Å². The van der Waals surface area contributed by atoms with Gasteiger partial charge < -0.3 is 5.73 Å². The second-order valence-electron chi connectivity index (χ2n) is 5.09. The van der Waals surface area contributed by atoms with Gasteiger partial charge in [0.15, 0.2) is 5.78 Å². The molecule has 1 fully saturated rings. The number of Topliss-reactive ketones (excluding diaryl/α,β-unsaturated/α-hetero) is 2. The Hall–Kier alpha value is -2.50. The Morgan fingerprint density at radius 3 is 2.90 bits per heavy atom. The number of fused-ring (bicyclic) bond motifs is 1. The van der Waals surface area contributed by atoms with E-state index in [4.69, 9.17) is 9.85 Å². The molecule has 6 nitrogen and oxygen atoms in total. The lowest BCUT2D eigenvalue weighted by molar-refractivity contribution is -0.132. The monoisotopic (exact) mass is 288 g/mol. The average molecular weight is 288 g/mol. The van der Waals surface area contributed by atoms with Crippen LogP contribution < -0.4 is 11.3 Å². The second-order valence-corrected chi connectivity index (χ2v) is 5.09. The lowest BCUT2D eigenvalue weighted by atomic mass is 9.92. The van der Waals surface area contributed by atoms with E-state index in [9.17, 15) is 14.4 Å². The molecule has 1 atom stereocenters. The molecule has 0 saturated heterocycles. The predicted octanol–water partition coefficient (Wildman–Crippen LogP) is 1.15. The Kier molecular flexibility index (Phi) is 2.35. The van der Waals surface area contributed by atoms with Gasteiger partial charge in [-0.25, -0.2) is 4.98 Å². The molecule has 6 heteroatoms. The molecule has 3 rings (SSSR count). The molecule has 1 heterocycles. The van der Waals surface area contributed by atoms with Crippen molar-refractivity contribution in [1.82, 2.24) is 9.55 Å². The van der Waals surface area contributed by atoms with Gasteiger partial charge in [-0.15, -0.1) is 0 Å². The minimum atomic E-state index is -2.68. The fourth-order valence-electron chi connectivity index (χ4n) is 2.69. The summed E-state index contributed by atoms with van der Waals surface area (Å²) < 4.78 is 23.9. The number of anilines is 1. The zero-order valence-corrected chi connectivity index (χ0v) is 11.1. The van der Waals surface area contributed by atoms with E-state index in [0.717, 1.165) is 4.57 Å². The number of carbonyl (C=O) groups is 2. The van der Waals surface area contributed by atoms with Crippen molar-refractivity contribution in [2.24, 2.45) is 0 Å². The van der Waals surface area contributed by atoms with Crippen LogP contribution in [0.15, 0.2) is 23.0 Å². The van der Waals surface area contributed by atoms with Crippen molar-refractivity contribution in [3.05, 3.63) is 34.4 Å². The molecule has 0 radical (unpaired) electrons. The standard InChI is InChI=1S/C15H15N3O3/c1-8-17-11-4-2-3-10(16)14(11)15(21)18(8)12-6-5-9(19)7-13(12)20/h2-4,12H,5-7,16H2,1H3/t12-/m1/s1/i1D3. The minimum absolute atomic E-state index is 0.0789. The Morgan fingerprint density at radius 1 is 1.38 bits per heavy atom. The van der Waals surface area contributed by atoms with Crippen molar-refractivity contribution in [2.45, 2.75) is 32.2 Å². The van der Waals surface area contributed by atoms with E-state index in [2.05, 4.69) is 4.98 Å². The summed E-state index contributed by atoms with van der Waals surface area (Å²) in [5.41, 5.74) is 5.50. The van der Waals surface area contributed by atoms with E-state index >= 15 is 0 Å². The zero-order valence-electron chi connectivity index (χ0n) is 14.1. The van der Waals surface area contributed by atoms with Gasteiger partial charge in [0.1, 0.15) is 11.6 Å². The van der Waals surface area contributed by atoms with Gasteiger partial charge in [-0.1, -0.05) is 6.07 Å². The molecule has 0 aliphatic heterocycles. The number of hydrogen-bond acceptors (Lipinski definition) is 5. The smallest absolute Gasteiger partial charge is 0.264 e. The molecule has 1 aliphatic carbocycles. The third-order valence-corrected chi connectivity index (χ3v) is 3.71. The summed E-state index contributed by atoms with van der Waals surface area (Å²) in [5, 5.41) is 0.0789. The summed E-state index contributed by atoms with van der Waals surface area (Å²) in [4.78, 5) is 40.6. The van der Waals surface area contributed by atoms with Crippen LogP contribution in [-0.4, -0.2) is 21.1 Å². The summed E-state index contributed by atoms with van der Waals surface area (Å²) in [6.45, 7) is -2.68. The van der Waals surface area contributed by atoms with E-state index in [1.54, 1.807) is 6.07 Å². The van der Waals surface area contributed by atoms with Crippen LogP contribution in [-0.2, 0) is 9.59 Å². The fourth-order valence-corrected chi connectivity index (χ4v) is 2.69. The van der Waals surface area contributed by atoms with Crippen LogP contribution in [0.1, 0.15) is 35.2 Å². The lowest BCUT2D eigenvalue weighted by Crippen LogP contribution is -2.36. The van der Waals surface area contributed by atoms with Gasteiger partial charge in [-0.3, -0.25) is 19.0 Å². The van der Waals surface area contributed by atoms with E-state index in [-0.39, 0.29) is 41.6 Å². The lowest BCUT2D eigenvalue weighted by Gasteiger charge is -2.24. The number of rotatable bonds is 1. The molecular formula is C15H15N3O3. The molecule has 0 amide bonds. The third-order valence-electron chi connectivity index (χ3n) is 3.71. The van der Waals surface area contributed by atoms with Crippen LogP contribution in [0.5, 0.6) is 0 Å². The van der Waals surface area contributed by atoms with Gasteiger partial charge in [0, 0.05) is 16.2 Å². The number of carbonyl (C=O) groups excluding carboxylic acids is 2. The first kappa shape index (κ1) is 10.3. The van der Waals surface area contributed by atoms with Crippen LogP contribution in [0.2, 0.25) is 0 Å².